The van der Waals surface area contributed by atoms with Crippen LogP contribution >= 0.6 is 0 Å². The van der Waals surface area contributed by atoms with Gasteiger partial charge in [0.15, 0.2) is 0 Å². The summed E-state index contributed by atoms with van der Waals surface area (Å²) in [5.74, 6) is -0.323. The van der Waals surface area contributed by atoms with E-state index in [4.69, 9.17) is 18.9 Å². The lowest BCUT2D eigenvalue weighted by atomic mass is 9.68. The van der Waals surface area contributed by atoms with Gasteiger partial charge in [-0.2, -0.15) is 0 Å². The van der Waals surface area contributed by atoms with E-state index in [2.05, 4.69) is 42.4 Å². The van der Waals surface area contributed by atoms with E-state index >= 15 is 0 Å². The fraction of sp³-hybridized carbons (Fsp3) is 0.852. The summed E-state index contributed by atoms with van der Waals surface area (Å²) < 4.78 is 24.1. The second-order valence-corrected chi connectivity index (χ2v) is 11.6. The number of hydrogen-bond acceptors (Lipinski definition) is 7. The van der Waals surface area contributed by atoms with Crippen LogP contribution in [0.1, 0.15) is 60.3 Å². The van der Waals surface area contributed by atoms with Crippen LogP contribution < -0.4 is 10.6 Å². The summed E-state index contributed by atoms with van der Waals surface area (Å²) in [6, 6.07) is -0.673. The number of nitrogens with zero attached hydrogens (tertiary/aromatic N) is 1. The number of nitrogens with one attached hydrogen (secondary N) is 2. The standard InChI is InChI=1S/C27H47N3O6/c1-17(2)10-11-20-26(5,36-20)23-22(33-8)19(12-13-27(23)16-34-27)35-25(32)29-21(18(3)4)24(31)28-14-9-15-30(6)7/h10,18-23H,9,11-16H2,1-8H3,(H,28,31)(H,29,32)/t19-,20-,21-,22-,23-,26+,27+/m1/s1. The molecule has 2 saturated heterocycles. The maximum atomic E-state index is 13.0. The molecule has 7 atom stereocenters. The van der Waals surface area contributed by atoms with E-state index in [9.17, 15) is 9.59 Å². The van der Waals surface area contributed by atoms with Gasteiger partial charge in [-0.05, 0) is 73.0 Å². The van der Waals surface area contributed by atoms with Gasteiger partial charge in [0, 0.05) is 13.7 Å². The predicted molar refractivity (Wildman–Crippen MR) is 138 cm³/mol. The first kappa shape index (κ1) is 28.9. The van der Waals surface area contributed by atoms with E-state index in [1.807, 2.05) is 27.9 Å². The molecule has 1 saturated carbocycles. The third kappa shape index (κ3) is 6.79. The lowest BCUT2D eigenvalue weighted by Gasteiger charge is -2.42. The molecule has 3 fully saturated rings. The Morgan fingerprint density at radius 2 is 1.94 bits per heavy atom. The number of amides is 2. The van der Waals surface area contributed by atoms with Crippen molar-refractivity contribution in [3.63, 3.8) is 0 Å². The van der Waals surface area contributed by atoms with Gasteiger partial charge in [-0.25, -0.2) is 4.79 Å². The maximum Gasteiger partial charge on any atom is 0.408 e. The first-order valence-corrected chi connectivity index (χ1v) is 13.3. The molecule has 1 aliphatic carbocycles. The smallest absolute Gasteiger partial charge is 0.408 e. The van der Waals surface area contributed by atoms with E-state index in [-0.39, 0.29) is 35.6 Å². The van der Waals surface area contributed by atoms with Crippen molar-refractivity contribution in [2.24, 2.45) is 11.8 Å². The highest BCUT2D eigenvalue weighted by molar-refractivity contribution is 5.85. The maximum absolute atomic E-state index is 13.0. The molecule has 3 rings (SSSR count). The van der Waals surface area contributed by atoms with E-state index in [0.29, 0.717) is 19.6 Å². The summed E-state index contributed by atoms with van der Waals surface area (Å²) in [5.41, 5.74) is 0.587. The van der Waals surface area contributed by atoms with Crippen molar-refractivity contribution in [1.29, 1.82) is 0 Å². The summed E-state index contributed by atoms with van der Waals surface area (Å²) in [4.78, 5) is 27.8. The highest BCUT2D eigenvalue weighted by atomic mass is 16.6. The van der Waals surface area contributed by atoms with Crippen molar-refractivity contribution in [3.05, 3.63) is 11.6 Å². The summed E-state index contributed by atoms with van der Waals surface area (Å²) >= 11 is 0. The van der Waals surface area contributed by atoms with Crippen molar-refractivity contribution in [3.8, 4) is 0 Å². The van der Waals surface area contributed by atoms with E-state index in [1.54, 1.807) is 7.11 Å². The van der Waals surface area contributed by atoms with E-state index in [0.717, 1.165) is 25.8 Å². The van der Waals surface area contributed by atoms with Crippen LogP contribution in [-0.2, 0) is 23.7 Å². The van der Waals surface area contributed by atoms with Crippen molar-refractivity contribution >= 4 is 12.0 Å². The highest BCUT2D eigenvalue weighted by Crippen LogP contribution is 2.59. The lowest BCUT2D eigenvalue weighted by Crippen LogP contribution is -2.57. The van der Waals surface area contributed by atoms with Crippen LogP contribution in [0.3, 0.4) is 0 Å². The molecule has 0 radical (unpaired) electrons. The monoisotopic (exact) mass is 509 g/mol. The molecule has 0 aromatic rings. The van der Waals surface area contributed by atoms with Gasteiger partial charge in [0.1, 0.15) is 29.5 Å². The minimum absolute atomic E-state index is 0.0435. The van der Waals surface area contributed by atoms with Gasteiger partial charge in [-0.15, -0.1) is 0 Å². The van der Waals surface area contributed by atoms with Crippen molar-refractivity contribution in [2.75, 3.05) is 40.9 Å². The van der Waals surface area contributed by atoms with Crippen molar-refractivity contribution in [2.45, 2.75) is 95.9 Å². The molecule has 0 unspecified atom stereocenters. The zero-order chi connectivity index (χ0) is 26.7. The largest absolute Gasteiger partial charge is 0.443 e. The summed E-state index contributed by atoms with van der Waals surface area (Å²) in [6.45, 7) is 12.2. The Morgan fingerprint density at radius 3 is 2.50 bits per heavy atom. The Balaban J connectivity index is 1.62. The van der Waals surface area contributed by atoms with Crippen LogP contribution in [0.15, 0.2) is 11.6 Å². The number of rotatable bonds is 12. The quantitative estimate of drug-likeness (QED) is 0.237. The summed E-state index contributed by atoms with van der Waals surface area (Å²) in [6.07, 6.45) is 3.98. The fourth-order valence-electron chi connectivity index (χ4n) is 5.62. The van der Waals surface area contributed by atoms with Gasteiger partial charge in [0.2, 0.25) is 5.91 Å². The molecule has 1 spiro atoms. The SMILES string of the molecule is CO[C@@H]1[C@H](OC(=O)N[C@@H](C(=O)NCCCN(C)C)C(C)C)CC[C@]2(CO2)[C@H]1[C@@]1(C)O[C@@H]1CC=C(C)C. The van der Waals surface area contributed by atoms with Gasteiger partial charge in [0.05, 0.1) is 18.6 Å². The molecule has 206 valence electrons. The minimum atomic E-state index is -0.673. The number of alkyl carbamates (subject to hydrolysis) is 1. The number of hydrogen-bond donors (Lipinski definition) is 2. The van der Waals surface area contributed by atoms with E-state index < -0.39 is 23.8 Å². The third-order valence-electron chi connectivity index (χ3n) is 7.80. The topological polar surface area (TPSA) is 105 Å². The van der Waals surface area contributed by atoms with Gasteiger partial charge < -0.3 is 34.5 Å². The Labute approximate surface area is 216 Å². The van der Waals surface area contributed by atoms with Gasteiger partial charge in [-0.3, -0.25) is 4.79 Å². The number of carbonyl (C=O) groups is 2. The molecule has 3 aliphatic rings. The highest BCUT2D eigenvalue weighted by Gasteiger charge is 2.72. The number of ether oxygens (including phenoxy) is 4. The molecule has 0 bridgehead atoms. The Kier molecular flexibility index (Phi) is 9.46. The molecule has 2 amide bonds. The third-order valence-corrected chi connectivity index (χ3v) is 7.80. The summed E-state index contributed by atoms with van der Waals surface area (Å²) in [7, 11) is 5.65. The molecule has 2 N–H and O–H groups in total. The average molecular weight is 510 g/mol. The summed E-state index contributed by atoms with van der Waals surface area (Å²) in [5, 5.41) is 5.72. The van der Waals surface area contributed by atoms with Crippen LogP contribution in [0.4, 0.5) is 4.79 Å². The van der Waals surface area contributed by atoms with Gasteiger partial charge in [-0.1, -0.05) is 25.5 Å². The molecule has 9 nitrogen and oxygen atoms in total. The number of carbonyl (C=O) groups excluding carboxylic acids is 2. The van der Waals surface area contributed by atoms with Crippen LogP contribution in [0.25, 0.3) is 0 Å². The molecular weight excluding hydrogens is 462 g/mol. The molecule has 2 heterocycles. The Hall–Kier alpha value is -1.68. The lowest BCUT2D eigenvalue weighted by molar-refractivity contribution is -0.125. The molecule has 2 aliphatic heterocycles. The van der Waals surface area contributed by atoms with Gasteiger partial charge >= 0.3 is 6.09 Å². The zero-order valence-electron chi connectivity index (χ0n) is 23.4. The van der Waals surface area contributed by atoms with Crippen LogP contribution in [0, 0.1) is 11.8 Å². The average Bonchev–Trinajstić information content (AvgIpc) is 3.71. The van der Waals surface area contributed by atoms with Crippen LogP contribution in [-0.4, -0.2) is 93.4 Å². The predicted octanol–water partition coefficient (Wildman–Crippen LogP) is 2.88. The molecule has 0 aromatic heterocycles. The van der Waals surface area contributed by atoms with Crippen LogP contribution in [0.5, 0.6) is 0 Å². The number of epoxide rings is 2. The molecule has 36 heavy (non-hydrogen) atoms. The second kappa shape index (κ2) is 11.8. The van der Waals surface area contributed by atoms with Crippen molar-refractivity contribution in [1.82, 2.24) is 15.5 Å². The van der Waals surface area contributed by atoms with Crippen molar-refractivity contribution < 1.29 is 28.5 Å². The first-order chi connectivity index (χ1) is 16.9. The fourth-order valence-corrected chi connectivity index (χ4v) is 5.62. The molecule has 0 aromatic carbocycles. The minimum Gasteiger partial charge on any atom is -0.443 e. The number of methoxy groups -OCH3 is 1. The van der Waals surface area contributed by atoms with E-state index in [1.165, 1.54) is 5.57 Å². The zero-order valence-corrected chi connectivity index (χ0v) is 23.4. The number of allylic oxidation sites excluding steroid dienone is 1. The molecular formula is C27H47N3O6. The normalized spacial score (nSPS) is 33.8. The van der Waals surface area contributed by atoms with Gasteiger partial charge in [0.25, 0.3) is 0 Å². The van der Waals surface area contributed by atoms with Crippen LogP contribution in [0.2, 0.25) is 0 Å². The second-order valence-electron chi connectivity index (χ2n) is 11.6. The first-order valence-electron chi connectivity index (χ1n) is 13.3. The Morgan fingerprint density at radius 1 is 1.25 bits per heavy atom. The molecule has 9 heteroatoms. The Bertz CT molecular complexity index is 807.